The van der Waals surface area contributed by atoms with Gasteiger partial charge in [0, 0.05) is 34.9 Å². The van der Waals surface area contributed by atoms with Gasteiger partial charge >= 0.3 is 0 Å². The highest BCUT2D eigenvalue weighted by Crippen LogP contribution is 2.33. The maximum absolute atomic E-state index is 4.44. The van der Waals surface area contributed by atoms with Crippen LogP contribution in [-0.2, 0) is 0 Å². The largest absolute Gasteiger partial charge is 0.361 e. The van der Waals surface area contributed by atoms with Crippen LogP contribution in [0.5, 0.6) is 0 Å². The fraction of sp³-hybridized carbons (Fsp3) is 0.190. The summed E-state index contributed by atoms with van der Waals surface area (Å²) in [6, 6.07) is 8.56. The van der Waals surface area contributed by atoms with Crippen LogP contribution in [0.3, 0.4) is 0 Å². The van der Waals surface area contributed by atoms with Crippen molar-refractivity contribution in [1.82, 2.24) is 4.98 Å². The molecule has 4 rings (SSSR count). The molecule has 1 saturated carbocycles. The summed E-state index contributed by atoms with van der Waals surface area (Å²) < 4.78 is 0. The Balaban J connectivity index is 1.60. The Morgan fingerprint density at radius 1 is 1.22 bits per heavy atom. The Kier molecular flexibility index (Phi) is 3.58. The Bertz CT molecular complexity index is 870. The molecule has 23 heavy (non-hydrogen) atoms. The number of hydrogen-bond acceptors (Lipinski definition) is 1. The normalized spacial score (nSPS) is 20.1. The number of allylic oxidation sites excluding steroid dienone is 6. The van der Waals surface area contributed by atoms with E-state index in [4.69, 9.17) is 0 Å². The molecule has 0 aliphatic heterocycles. The number of H-pyrrole nitrogens is 1. The van der Waals surface area contributed by atoms with Crippen LogP contribution in [0.15, 0.2) is 78.1 Å². The molecular formula is C21H20N2. The average molecular weight is 300 g/mol. The third-order valence-electron chi connectivity index (χ3n) is 4.51. The predicted octanol–water partition coefficient (Wildman–Crippen LogP) is 5.43. The summed E-state index contributed by atoms with van der Waals surface area (Å²) in [5, 5.41) is 1.28. The molecule has 1 N–H and O–H groups in total. The molecule has 1 aromatic carbocycles. The molecule has 2 aliphatic carbocycles. The lowest BCUT2D eigenvalue weighted by molar-refractivity contribution is 1.18. The molecule has 0 radical (unpaired) electrons. The number of aromatic amines is 1. The summed E-state index contributed by atoms with van der Waals surface area (Å²) >= 11 is 0. The molecule has 0 unspecified atom stereocenters. The molecule has 2 nitrogen and oxygen atoms in total. The van der Waals surface area contributed by atoms with Gasteiger partial charge in [0.2, 0.25) is 0 Å². The molecule has 1 aromatic heterocycles. The zero-order chi connectivity index (χ0) is 15.6. The van der Waals surface area contributed by atoms with Gasteiger partial charge in [0.15, 0.2) is 0 Å². The van der Waals surface area contributed by atoms with Crippen molar-refractivity contribution in [2.24, 2.45) is 10.9 Å². The standard InChI is InChI=1S/C21H20N2/c1-2-22-21(17-10-11-17)14-15-6-8-16(9-7-15)18-4-3-5-20-19(18)12-13-23-20/h2-6,8-9,12-14,17,23H,1,7,10-11H2/b15-14-,22-21?. The smallest absolute Gasteiger partial charge is 0.0460 e. The summed E-state index contributed by atoms with van der Waals surface area (Å²) in [5.41, 5.74) is 6.28. The molecule has 1 fully saturated rings. The summed E-state index contributed by atoms with van der Waals surface area (Å²) in [5.74, 6) is 0.646. The first-order chi connectivity index (χ1) is 11.3. The Morgan fingerprint density at radius 3 is 2.87 bits per heavy atom. The summed E-state index contributed by atoms with van der Waals surface area (Å²) in [6.07, 6.45) is 16.1. The Morgan fingerprint density at radius 2 is 2.13 bits per heavy atom. The number of aliphatic imine (C=N–C) groups is 1. The lowest BCUT2D eigenvalue weighted by Gasteiger charge is -2.11. The Labute approximate surface area is 136 Å². The molecule has 0 bridgehead atoms. The van der Waals surface area contributed by atoms with Crippen LogP contribution in [-0.4, -0.2) is 10.7 Å². The van der Waals surface area contributed by atoms with Crippen molar-refractivity contribution in [2.75, 3.05) is 0 Å². The molecule has 2 heteroatoms. The highest BCUT2D eigenvalue weighted by molar-refractivity contribution is 6.00. The quantitative estimate of drug-likeness (QED) is 0.729. The van der Waals surface area contributed by atoms with E-state index in [9.17, 15) is 0 Å². The molecular weight excluding hydrogens is 280 g/mol. The van der Waals surface area contributed by atoms with E-state index in [-0.39, 0.29) is 0 Å². The van der Waals surface area contributed by atoms with E-state index in [1.54, 1.807) is 6.20 Å². The van der Waals surface area contributed by atoms with E-state index >= 15 is 0 Å². The highest BCUT2D eigenvalue weighted by atomic mass is 14.7. The van der Waals surface area contributed by atoms with Crippen molar-refractivity contribution >= 4 is 22.2 Å². The molecule has 114 valence electrons. The van der Waals surface area contributed by atoms with Crippen LogP contribution in [0.2, 0.25) is 0 Å². The van der Waals surface area contributed by atoms with E-state index in [1.807, 2.05) is 6.20 Å². The average Bonchev–Trinajstić information content (AvgIpc) is 3.32. The lowest BCUT2D eigenvalue weighted by atomic mass is 9.94. The summed E-state index contributed by atoms with van der Waals surface area (Å²) in [6.45, 7) is 3.73. The SMILES string of the molecule is C=CN=C(/C=C1/C=CC(c2cccc3[nH]ccc23)=CC1)C1CC1. The van der Waals surface area contributed by atoms with E-state index in [1.165, 1.54) is 46.2 Å². The van der Waals surface area contributed by atoms with Gasteiger partial charge in [-0.1, -0.05) is 36.9 Å². The van der Waals surface area contributed by atoms with Gasteiger partial charge in [-0.05, 0) is 54.2 Å². The minimum absolute atomic E-state index is 0.646. The third kappa shape index (κ3) is 2.85. The topological polar surface area (TPSA) is 28.1 Å². The minimum atomic E-state index is 0.646. The summed E-state index contributed by atoms with van der Waals surface area (Å²) in [4.78, 5) is 7.72. The van der Waals surface area contributed by atoms with E-state index < -0.39 is 0 Å². The first kappa shape index (κ1) is 14.0. The second kappa shape index (κ2) is 5.88. The molecule has 0 amide bonds. The van der Waals surface area contributed by atoms with Crippen LogP contribution in [0.25, 0.3) is 16.5 Å². The van der Waals surface area contributed by atoms with Crippen LogP contribution in [0.1, 0.15) is 24.8 Å². The predicted molar refractivity (Wildman–Crippen MR) is 98.5 cm³/mol. The fourth-order valence-electron chi connectivity index (χ4n) is 3.14. The van der Waals surface area contributed by atoms with Crippen LogP contribution in [0.4, 0.5) is 0 Å². The van der Waals surface area contributed by atoms with Crippen molar-refractivity contribution in [1.29, 1.82) is 0 Å². The second-order valence-electron chi connectivity index (χ2n) is 6.17. The van der Waals surface area contributed by atoms with E-state index in [0.717, 1.165) is 6.42 Å². The maximum Gasteiger partial charge on any atom is 0.0460 e. The number of rotatable bonds is 4. The van der Waals surface area contributed by atoms with Crippen molar-refractivity contribution in [3.63, 3.8) is 0 Å². The van der Waals surface area contributed by atoms with Crippen LogP contribution < -0.4 is 0 Å². The fourth-order valence-corrected chi connectivity index (χ4v) is 3.14. The molecule has 2 aliphatic rings. The van der Waals surface area contributed by atoms with Gasteiger partial charge < -0.3 is 4.98 Å². The lowest BCUT2D eigenvalue weighted by Crippen LogP contribution is -1.98. The van der Waals surface area contributed by atoms with E-state index in [0.29, 0.717) is 5.92 Å². The van der Waals surface area contributed by atoms with Crippen molar-refractivity contribution in [2.45, 2.75) is 19.3 Å². The van der Waals surface area contributed by atoms with Crippen LogP contribution in [0, 0.1) is 5.92 Å². The van der Waals surface area contributed by atoms with Gasteiger partial charge in [-0.25, -0.2) is 0 Å². The molecule has 1 heterocycles. The number of aromatic nitrogens is 1. The maximum atomic E-state index is 4.44. The van der Waals surface area contributed by atoms with Crippen LogP contribution >= 0.6 is 0 Å². The van der Waals surface area contributed by atoms with Crippen molar-refractivity contribution in [3.05, 3.63) is 78.7 Å². The number of nitrogens with one attached hydrogen (secondary N) is 1. The minimum Gasteiger partial charge on any atom is -0.361 e. The summed E-state index contributed by atoms with van der Waals surface area (Å²) in [7, 11) is 0. The molecule has 0 saturated heterocycles. The monoisotopic (exact) mass is 300 g/mol. The zero-order valence-corrected chi connectivity index (χ0v) is 13.1. The van der Waals surface area contributed by atoms with Gasteiger partial charge in [-0.15, -0.1) is 0 Å². The first-order valence-electron chi connectivity index (χ1n) is 8.19. The van der Waals surface area contributed by atoms with Gasteiger partial charge in [0.05, 0.1) is 0 Å². The molecule has 0 spiro atoms. The second-order valence-corrected chi connectivity index (χ2v) is 6.17. The molecule has 2 aromatic rings. The number of benzene rings is 1. The van der Waals surface area contributed by atoms with E-state index in [2.05, 4.69) is 65.1 Å². The first-order valence-corrected chi connectivity index (χ1v) is 8.19. The molecule has 0 atom stereocenters. The Hall–Kier alpha value is -2.61. The highest BCUT2D eigenvalue weighted by Gasteiger charge is 2.26. The van der Waals surface area contributed by atoms with Crippen molar-refractivity contribution in [3.8, 4) is 0 Å². The van der Waals surface area contributed by atoms with Crippen molar-refractivity contribution < 1.29 is 0 Å². The number of hydrogen-bond donors (Lipinski definition) is 1. The van der Waals surface area contributed by atoms with Gasteiger partial charge in [-0.2, -0.15) is 0 Å². The van der Waals surface area contributed by atoms with Gasteiger partial charge in [0.1, 0.15) is 0 Å². The zero-order valence-electron chi connectivity index (χ0n) is 13.1. The third-order valence-corrected chi connectivity index (χ3v) is 4.51. The van der Waals surface area contributed by atoms with Gasteiger partial charge in [0.25, 0.3) is 0 Å². The number of nitrogens with zero attached hydrogens (tertiary/aromatic N) is 1. The van der Waals surface area contributed by atoms with Gasteiger partial charge in [-0.3, -0.25) is 4.99 Å². The number of fused-ring (bicyclic) bond motifs is 1.